The van der Waals surface area contributed by atoms with Gasteiger partial charge in [-0.1, -0.05) is 6.07 Å². The van der Waals surface area contributed by atoms with Gasteiger partial charge in [-0.15, -0.1) is 0 Å². The second-order valence-electron chi connectivity index (χ2n) is 4.58. The Hall–Kier alpha value is -1.87. The number of aromatic nitrogens is 1. The highest BCUT2D eigenvalue weighted by atomic mass is 16.3. The molecule has 0 saturated heterocycles. The van der Waals surface area contributed by atoms with Crippen molar-refractivity contribution in [2.75, 3.05) is 0 Å². The number of hydrogen-bond donors (Lipinski definition) is 2. The van der Waals surface area contributed by atoms with Crippen molar-refractivity contribution in [1.29, 1.82) is 0 Å². The lowest BCUT2D eigenvalue weighted by Crippen LogP contribution is -1.98. The number of aliphatic hydroxyl groups is 1. The maximum absolute atomic E-state index is 9.58. The van der Waals surface area contributed by atoms with E-state index in [0.717, 1.165) is 22.4 Å². The highest BCUT2D eigenvalue weighted by Crippen LogP contribution is 2.29. The molecule has 94 valence electrons. The SMILES string of the molecule is Cc1cc(O)cc(C)c1-c1cccc([C@@H](C)O)n1. The van der Waals surface area contributed by atoms with Crippen LogP contribution in [0.25, 0.3) is 11.3 Å². The Labute approximate surface area is 107 Å². The number of rotatable bonds is 2. The van der Waals surface area contributed by atoms with Gasteiger partial charge in [-0.2, -0.15) is 0 Å². The Kier molecular flexibility index (Phi) is 3.34. The molecule has 1 aromatic heterocycles. The number of aliphatic hydroxyl groups excluding tert-OH is 1. The van der Waals surface area contributed by atoms with E-state index in [9.17, 15) is 10.2 Å². The van der Waals surface area contributed by atoms with Crippen LogP contribution in [0.3, 0.4) is 0 Å². The Morgan fingerprint density at radius 1 is 1.11 bits per heavy atom. The van der Waals surface area contributed by atoms with E-state index in [1.54, 1.807) is 25.1 Å². The molecule has 1 heterocycles. The summed E-state index contributed by atoms with van der Waals surface area (Å²) in [6, 6.07) is 9.05. The third-order valence-electron chi connectivity index (χ3n) is 2.97. The molecule has 0 radical (unpaired) electrons. The summed E-state index contributed by atoms with van der Waals surface area (Å²) in [5, 5.41) is 19.1. The second kappa shape index (κ2) is 4.78. The molecule has 2 N–H and O–H groups in total. The van der Waals surface area contributed by atoms with E-state index in [0.29, 0.717) is 5.69 Å². The van der Waals surface area contributed by atoms with E-state index in [1.165, 1.54) is 0 Å². The Morgan fingerprint density at radius 3 is 2.28 bits per heavy atom. The zero-order valence-corrected chi connectivity index (χ0v) is 10.8. The van der Waals surface area contributed by atoms with E-state index in [1.807, 2.05) is 26.0 Å². The zero-order valence-electron chi connectivity index (χ0n) is 10.8. The van der Waals surface area contributed by atoms with E-state index >= 15 is 0 Å². The van der Waals surface area contributed by atoms with Crippen molar-refractivity contribution in [3.63, 3.8) is 0 Å². The molecule has 0 saturated carbocycles. The maximum Gasteiger partial charge on any atom is 0.116 e. The first-order valence-corrected chi connectivity index (χ1v) is 5.94. The van der Waals surface area contributed by atoms with Crippen LogP contribution < -0.4 is 0 Å². The summed E-state index contributed by atoms with van der Waals surface area (Å²) in [6.07, 6.45) is -0.581. The van der Waals surface area contributed by atoms with Gasteiger partial charge >= 0.3 is 0 Å². The monoisotopic (exact) mass is 243 g/mol. The summed E-state index contributed by atoms with van der Waals surface area (Å²) in [6.45, 7) is 5.58. The molecule has 0 bridgehead atoms. The van der Waals surface area contributed by atoms with Crippen molar-refractivity contribution in [3.8, 4) is 17.0 Å². The highest BCUT2D eigenvalue weighted by Gasteiger charge is 2.10. The summed E-state index contributed by atoms with van der Waals surface area (Å²) >= 11 is 0. The fourth-order valence-corrected chi connectivity index (χ4v) is 2.17. The van der Waals surface area contributed by atoms with Crippen molar-refractivity contribution in [1.82, 2.24) is 4.98 Å². The third-order valence-corrected chi connectivity index (χ3v) is 2.97. The van der Waals surface area contributed by atoms with Gasteiger partial charge in [0.25, 0.3) is 0 Å². The van der Waals surface area contributed by atoms with Crippen molar-refractivity contribution in [2.24, 2.45) is 0 Å². The fourth-order valence-electron chi connectivity index (χ4n) is 2.17. The van der Waals surface area contributed by atoms with Gasteiger partial charge in [-0.25, -0.2) is 0 Å². The number of phenolic OH excluding ortho intramolecular Hbond substituents is 1. The van der Waals surface area contributed by atoms with Crippen LogP contribution in [0.1, 0.15) is 29.8 Å². The molecule has 3 heteroatoms. The van der Waals surface area contributed by atoms with Crippen LogP contribution in [0.4, 0.5) is 0 Å². The smallest absolute Gasteiger partial charge is 0.116 e. The van der Waals surface area contributed by atoms with Gasteiger partial charge in [0, 0.05) is 5.56 Å². The molecular weight excluding hydrogens is 226 g/mol. The molecule has 0 spiro atoms. The fraction of sp³-hybridized carbons (Fsp3) is 0.267. The standard InChI is InChI=1S/C15H17NO2/c1-9-7-12(18)8-10(2)15(9)14-6-4-5-13(16-14)11(3)17/h4-8,11,17-18H,1-3H3/t11-/m1/s1. The molecule has 0 amide bonds. The summed E-state index contributed by atoms with van der Waals surface area (Å²) in [7, 11) is 0. The number of pyridine rings is 1. The number of aromatic hydroxyl groups is 1. The number of nitrogens with zero attached hydrogens (tertiary/aromatic N) is 1. The molecule has 2 rings (SSSR count). The molecule has 0 fully saturated rings. The summed E-state index contributed by atoms with van der Waals surface area (Å²) < 4.78 is 0. The van der Waals surface area contributed by atoms with Crippen LogP contribution in [-0.2, 0) is 0 Å². The van der Waals surface area contributed by atoms with E-state index in [-0.39, 0.29) is 5.75 Å². The highest BCUT2D eigenvalue weighted by molar-refractivity contribution is 5.68. The molecule has 1 aromatic carbocycles. The van der Waals surface area contributed by atoms with Crippen molar-refractivity contribution in [3.05, 3.63) is 47.2 Å². The van der Waals surface area contributed by atoms with E-state index in [4.69, 9.17) is 0 Å². The Bertz CT molecular complexity index is 553. The topological polar surface area (TPSA) is 53.4 Å². The molecule has 0 aliphatic rings. The zero-order chi connectivity index (χ0) is 13.3. The van der Waals surface area contributed by atoms with Crippen LogP contribution >= 0.6 is 0 Å². The largest absolute Gasteiger partial charge is 0.508 e. The molecule has 1 atom stereocenters. The molecule has 2 aromatic rings. The van der Waals surface area contributed by atoms with Crippen LogP contribution in [0.2, 0.25) is 0 Å². The molecule has 0 aliphatic carbocycles. The number of aryl methyl sites for hydroxylation is 2. The Balaban J connectivity index is 2.59. The van der Waals surface area contributed by atoms with Crippen molar-refractivity contribution >= 4 is 0 Å². The van der Waals surface area contributed by atoms with Crippen LogP contribution in [0, 0.1) is 13.8 Å². The van der Waals surface area contributed by atoms with Gasteiger partial charge in [0.1, 0.15) is 5.75 Å². The van der Waals surface area contributed by atoms with Gasteiger partial charge in [0.15, 0.2) is 0 Å². The minimum Gasteiger partial charge on any atom is -0.508 e. The molecule has 3 nitrogen and oxygen atoms in total. The average Bonchev–Trinajstić information content (AvgIpc) is 2.28. The first-order chi connectivity index (χ1) is 8.49. The van der Waals surface area contributed by atoms with Gasteiger partial charge < -0.3 is 10.2 Å². The van der Waals surface area contributed by atoms with Crippen LogP contribution in [-0.4, -0.2) is 15.2 Å². The van der Waals surface area contributed by atoms with Crippen LogP contribution in [0.5, 0.6) is 5.75 Å². The lowest BCUT2D eigenvalue weighted by Gasteiger charge is -2.12. The lowest BCUT2D eigenvalue weighted by atomic mass is 9.98. The summed E-state index contributed by atoms with van der Waals surface area (Å²) in [5.41, 5.74) is 4.43. The predicted octanol–water partition coefficient (Wildman–Crippen LogP) is 3.12. The van der Waals surface area contributed by atoms with E-state index in [2.05, 4.69) is 4.98 Å². The van der Waals surface area contributed by atoms with Crippen molar-refractivity contribution < 1.29 is 10.2 Å². The molecule has 18 heavy (non-hydrogen) atoms. The second-order valence-corrected chi connectivity index (χ2v) is 4.58. The summed E-state index contributed by atoms with van der Waals surface area (Å²) in [4.78, 5) is 4.46. The maximum atomic E-state index is 9.58. The van der Waals surface area contributed by atoms with E-state index < -0.39 is 6.10 Å². The van der Waals surface area contributed by atoms with Crippen LogP contribution in [0.15, 0.2) is 30.3 Å². The number of benzene rings is 1. The lowest BCUT2D eigenvalue weighted by molar-refractivity contribution is 0.194. The quantitative estimate of drug-likeness (QED) is 0.852. The van der Waals surface area contributed by atoms with Gasteiger partial charge in [-0.3, -0.25) is 4.98 Å². The Morgan fingerprint density at radius 2 is 1.72 bits per heavy atom. The van der Waals surface area contributed by atoms with Crippen molar-refractivity contribution in [2.45, 2.75) is 26.9 Å². The molecule has 0 aliphatic heterocycles. The molecule has 0 unspecified atom stereocenters. The third kappa shape index (κ3) is 2.36. The number of phenols is 1. The van der Waals surface area contributed by atoms with Gasteiger partial charge in [-0.05, 0) is 56.2 Å². The number of hydrogen-bond acceptors (Lipinski definition) is 3. The van der Waals surface area contributed by atoms with Gasteiger partial charge in [0.05, 0.1) is 17.5 Å². The first-order valence-electron chi connectivity index (χ1n) is 5.94. The normalized spacial score (nSPS) is 12.4. The minimum atomic E-state index is -0.581. The predicted molar refractivity (Wildman–Crippen MR) is 71.4 cm³/mol. The van der Waals surface area contributed by atoms with Gasteiger partial charge in [0.2, 0.25) is 0 Å². The first kappa shape index (κ1) is 12.6. The minimum absolute atomic E-state index is 0.264. The summed E-state index contributed by atoms with van der Waals surface area (Å²) in [5.74, 6) is 0.264. The average molecular weight is 243 g/mol. The molecular formula is C15H17NO2.